The molecule has 0 atom stereocenters. The van der Waals surface area contributed by atoms with Gasteiger partial charge in [-0.15, -0.1) is 0 Å². The predicted octanol–water partition coefficient (Wildman–Crippen LogP) is 3.56. The fourth-order valence-corrected chi connectivity index (χ4v) is 4.85. The van der Waals surface area contributed by atoms with Crippen LogP contribution in [0.15, 0.2) is 53.4 Å². The molecule has 1 amide bonds. The lowest BCUT2D eigenvalue weighted by atomic mass is 10.1. The van der Waals surface area contributed by atoms with Gasteiger partial charge in [-0.3, -0.25) is 9.10 Å². The molecule has 2 aromatic rings. The molecule has 3 rings (SSSR count). The molecule has 0 N–H and O–H groups in total. The number of ether oxygens (including phenoxy) is 1. The van der Waals surface area contributed by atoms with E-state index in [9.17, 15) is 13.2 Å². The van der Waals surface area contributed by atoms with E-state index >= 15 is 0 Å². The first-order chi connectivity index (χ1) is 13.4. The number of hydrogen-bond acceptors (Lipinski definition) is 4. The molecule has 2 aromatic carbocycles. The number of anilines is 1. The zero-order valence-electron chi connectivity index (χ0n) is 15.7. The van der Waals surface area contributed by atoms with Gasteiger partial charge in [-0.05, 0) is 49.6 Å². The molecule has 0 radical (unpaired) electrons. The highest BCUT2D eigenvalue weighted by Gasteiger charge is 2.31. The van der Waals surface area contributed by atoms with Gasteiger partial charge in [0, 0.05) is 18.1 Å². The Kier molecular flexibility index (Phi) is 6.46. The van der Waals surface area contributed by atoms with Crippen LogP contribution in [0.2, 0.25) is 5.02 Å². The largest absolute Gasteiger partial charge is 0.495 e. The number of amides is 1. The third kappa shape index (κ3) is 4.42. The highest BCUT2D eigenvalue weighted by atomic mass is 35.5. The molecule has 8 heteroatoms. The second-order valence-electron chi connectivity index (χ2n) is 6.58. The fraction of sp³-hybridized carbons (Fsp3) is 0.350. The summed E-state index contributed by atoms with van der Waals surface area (Å²) in [4.78, 5) is 14.7. The van der Waals surface area contributed by atoms with Crippen molar-refractivity contribution >= 4 is 33.2 Å². The molecule has 0 spiro atoms. The van der Waals surface area contributed by atoms with Gasteiger partial charge in [0.1, 0.15) is 12.3 Å². The SMILES string of the molecule is COc1ccc(Cl)cc1N(CC(=O)N1CCCCC1)S(=O)(=O)c1ccccc1. The van der Waals surface area contributed by atoms with Crippen LogP contribution in [0.1, 0.15) is 19.3 Å². The van der Waals surface area contributed by atoms with Crippen LogP contribution in [0.3, 0.4) is 0 Å². The number of likely N-dealkylation sites (tertiary alicyclic amines) is 1. The van der Waals surface area contributed by atoms with E-state index in [1.165, 1.54) is 25.3 Å². The molecule has 0 aliphatic carbocycles. The van der Waals surface area contributed by atoms with Gasteiger partial charge in [-0.1, -0.05) is 29.8 Å². The summed E-state index contributed by atoms with van der Waals surface area (Å²) < 4.78 is 33.2. The van der Waals surface area contributed by atoms with E-state index in [-0.39, 0.29) is 23.0 Å². The highest BCUT2D eigenvalue weighted by molar-refractivity contribution is 7.92. The zero-order valence-corrected chi connectivity index (χ0v) is 17.2. The van der Waals surface area contributed by atoms with Crippen molar-refractivity contribution in [3.8, 4) is 5.75 Å². The molecule has 6 nitrogen and oxygen atoms in total. The highest BCUT2D eigenvalue weighted by Crippen LogP contribution is 2.35. The average Bonchev–Trinajstić information content (AvgIpc) is 2.73. The van der Waals surface area contributed by atoms with Gasteiger partial charge in [0.2, 0.25) is 5.91 Å². The summed E-state index contributed by atoms with van der Waals surface area (Å²) in [5.74, 6) is 0.0941. The van der Waals surface area contributed by atoms with Crippen LogP contribution in [-0.2, 0) is 14.8 Å². The molecular weight excluding hydrogens is 400 g/mol. The van der Waals surface area contributed by atoms with Crippen LogP contribution in [0.5, 0.6) is 5.75 Å². The number of halogens is 1. The number of nitrogens with zero attached hydrogens (tertiary/aromatic N) is 2. The molecule has 0 saturated carbocycles. The van der Waals surface area contributed by atoms with Crippen molar-refractivity contribution in [1.29, 1.82) is 0 Å². The van der Waals surface area contributed by atoms with Crippen molar-refractivity contribution in [1.82, 2.24) is 4.90 Å². The number of piperidine rings is 1. The lowest BCUT2D eigenvalue weighted by molar-refractivity contribution is -0.130. The summed E-state index contributed by atoms with van der Waals surface area (Å²) >= 11 is 6.13. The maximum absolute atomic E-state index is 13.4. The van der Waals surface area contributed by atoms with E-state index in [0.29, 0.717) is 23.9 Å². The minimum atomic E-state index is -3.99. The second-order valence-corrected chi connectivity index (χ2v) is 8.88. The first kappa shape index (κ1) is 20.5. The fourth-order valence-electron chi connectivity index (χ4n) is 3.24. The molecule has 1 aliphatic heterocycles. The second kappa shape index (κ2) is 8.84. The van der Waals surface area contributed by atoms with Crippen LogP contribution in [0.25, 0.3) is 0 Å². The Balaban J connectivity index is 2.04. The Bertz CT molecular complexity index is 928. The Labute approximate surface area is 170 Å². The Morgan fingerprint density at radius 2 is 1.79 bits per heavy atom. The number of methoxy groups -OCH3 is 1. The van der Waals surface area contributed by atoms with E-state index in [4.69, 9.17) is 16.3 Å². The molecule has 1 aliphatic rings. The predicted molar refractivity (Wildman–Crippen MR) is 109 cm³/mol. The van der Waals surface area contributed by atoms with E-state index in [1.54, 1.807) is 35.2 Å². The number of sulfonamides is 1. The van der Waals surface area contributed by atoms with Gasteiger partial charge in [0.25, 0.3) is 10.0 Å². The summed E-state index contributed by atoms with van der Waals surface area (Å²) in [6.07, 6.45) is 2.94. The first-order valence-electron chi connectivity index (χ1n) is 9.12. The monoisotopic (exact) mass is 422 g/mol. The van der Waals surface area contributed by atoms with Crippen molar-refractivity contribution < 1.29 is 17.9 Å². The molecule has 1 fully saturated rings. The van der Waals surface area contributed by atoms with Gasteiger partial charge in [0.05, 0.1) is 17.7 Å². The Morgan fingerprint density at radius 1 is 1.11 bits per heavy atom. The molecule has 28 heavy (non-hydrogen) atoms. The lowest BCUT2D eigenvalue weighted by Crippen LogP contribution is -2.45. The lowest BCUT2D eigenvalue weighted by Gasteiger charge is -2.31. The third-order valence-electron chi connectivity index (χ3n) is 4.73. The Hall–Kier alpha value is -2.25. The van der Waals surface area contributed by atoms with Crippen LogP contribution < -0.4 is 9.04 Å². The van der Waals surface area contributed by atoms with E-state index in [2.05, 4.69) is 0 Å². The van der Waals surface area contributed by atoms with E-state index in [0.717, 1.165) is 23.6 Å². The number of rotatable bonds is 6. The van der Waals surface area contributed by atoms with Crippen molar-refractivity contribution in [3.05, 3.63) is 53.6 Å². The standard InChI is InChI=1S/C20H23ClN2O4S/c1-27-19-11-10-16(21)14-18(19)23(15-20(24)22-12-6-3-7-13-22)28(25,26)17-8-4-2-5-9-17/h2,4-5,8-11,14H,3,6-7,12-13,15H2,1H3. The smallest absolute Gasteiger partial charge is 0.264 e. The van der Waals surface area contributed by atoms with E-state index < -0.39 is 10.0 Å². The molecule has 1 heterocycles. The molecule has 0 unspecified atom stereocenters. The van der Waals surface area contributed by atoms with Crippen LogP contribution >= 0.6 is 11.6 Å². The van der Waals surface area contributed by atoms with Gasteiger partial charge in [-0.25, -0.2) is 8.42 Å². The minimum Gasteiger partial charge on any atom is -0.495 e. The number of benzene rings is 2. The maximum Gasteiger partial charge on any atom is 0.264 e. The number of hydrogen-bond donors (Lipinski definition) is 0. The summed E-state index contributed by atoms with van der Waals surface area (Å²) in [6.45, 7) is 0.976. The van der Waals surface area contributed by atoms with Crippen molar-refractivity contribution in [2.24, 2.45) is 0 Å². The average molecular weight is 423 g/mol. The molecule has 0 bridgehead atoms. The van der Waals surface area contributed by atoms with Crippen LogP contribution in [0, 0.1) is 0 Å². The molecule has 150 valence electrons. The summed E-state index contributed by atoms with van der Waals surface area (Å²) in [5, 5.41) is 0.356. The topological polar surface area (TPSA) is 66.9 Å². The van der Waals surface area contributed by atoms with E-state index in [1.807, 2.05) is 0 Å². The molecule has 0 aromatic heterocycles. The normalized spacial score (nSPS) is 14.6. The van der Waals surface area contributed by atoms with Crippen LogP contribution in [0.4, 0.5) is 5.69 Å². The van der Waals surface area contributed by atoms with Gasteiger partial charge in [-0.2, -0.15) is 0 Å². The third-order valence-corrected chi connectivity index (χ3v) is 6.74. The van der Waals surface area contributed by atoms with Gasteiger partial charge >= 0.3 is 0 Å². The summed E-state index contributed by atoms with van der Waals surface area (Å²) in [5.41, 5.74) is 0.240. The molecule has 1 saturated heterocycles. The van der Waals surface area contributed by atoms with Crippen molar-refractivity contribution in [2.45, 2.75) is 24.2 Å². The number of carbonyl (C=O) groups excluding carboxylic acids is 1. The Morgan fingerprint density at radius 3 is 2.43 bits per heavy atom. The first-order valence-corrected chi connectivity index (χ1v) is 10.9. The zero-order chi connectivity index (χ0) is 20.1. The van der Waals surface area contributed by atoms with Gasteiger partial charge in [0.15, 0.2) is 0 Å². The summed E-state index contributed by atoms with van der Waals surface area (Å²) in [7, 11) is -2.54. The number of carbonyl (C=O) groups is 1. The minimum absolute atomic E-state index is 0.100. The molecular formula is C20H23ClN2O4S. The quantitative estimate of drug-likeness (QED) is 0.713. The van der Waals surface area contributed by atoms with Crippen molar-refractivity contribution in [3.63, 3.8) is 0 Å². The van der Waals surface area contributed by atoms with Crippen molar-refractivity contribution in [2.75, 3.05) is 31.0 Å². The summed E-state index contributed by atoms with van der Waals surface area (Å²) in [6, 6.07) is 12.8. The van der Waals surface area contributed by atoms with Gasteiger partial charge < -0.3 is 9.64 Å². The van der Waals surface area contributed by atoms with Crippen LogP contribution in [-0.4, -0.2) is 46.0 Å². The maximum atomic E-state index is 13.4.